The van der Waals surface area contributed by atoms with Crippen molar-refractivity contribution in [1.82, 2.24) is 10.2 Å². The molecule has 2 aliphatic rings. The minimum Gasteiger partial charge on any atom is -0.342 e. The lowest BCUT2D eigenvalue weighted by Gasteiger charge is -2.25. The third kappa shape index (κ3) is 2.51. The number of nitrogens with one attached hydrogen (secondary N) is 1. The Hall–Kier alpha value is -0.570. The summed E-state index contributed by atoms with van der Waals surface area (Å²) >= 11 is 0. The summed E-state index contributed by atoms with van der Waals surface area (Å²) in [6.45, 7) is 7.09. The van der Waals surface area contributed by atoms with Crippen molar-refractivity contribution < 1.29 is 4.79 Å². The maximum Gasteiger partial charge on any atom is 0.227 e. The van der Waals surface area contributed by atoms with E-state index < -0.39 is 0 Å². The maximum atomic E-state index is 12.2. The largest absolute Gasteiger partial charge is 0.342 e. The Bertz CT molecular complexity index is 238. The summed E-state index contributed by atoms with van der Waals surface area (Å²) in [6, 6.07) is 0.366. The molecular weight excluding hydrogens is 188 g/mol. The first-order chi connectivity index (χ1) is 7.22. The van der Waals surface area contributed by atoms with E-state index in [1.807, 2.05) is 0 Å². The van der Waals surface area contributed by atoms with Gasteiger partial charge in [-0.05, 0) is 45.6 Å². The Balaban J connectivity index is 1.90. The highest BCUT2D eigenvalue weighted by Crippen LogP contribution is 2.30. The van der Waals surface area contributed by atoms with Crippen molar-refractivity contribution in [2.24, 2.45) is 11.8 Å². The third-order valence-electron chi connectivity index (χ3n) is 3.71. The first kappa shape index (κ1) is 10.9. The van der Waals surface area contributed by atoms with Crippen LogP contribution in [0.4, 0.5) is 0 Å². The van der Waals surface area contributed by atoms with Crippen molar-refractivity contribution in [2.45, 2.75) is 39.2 Å². The molecule has 0 aromatic rings. The average molecular weight is 210 g/mol. The van der Waals surface area contributed by atoms with Gasteiger partial charge in [-0.25, -0.2) is 0 Å². The zero-order chi connectivity index (χ0) is 10.8. The molecule has 86 valence electrons. The number of nitrogens with zero attached hydrogens (tertiary/aromatic N) is 1. The second kappa shape index (κ2) is 4.52. The van der Waals surface area contributed by atoms with Crippen LogP contribution in [0.5, 0.6) is 0 Å². The molecule has 15 heavy (non-hydrogen) atoms. The summed E-state index contributed by atoms with van der Waals surface area (Å²) in [4.78, 5) is 14.3. The number of carbonyl (C=O) groups is 1. The van der Waals surface area contributed by atoms with E-state index in [0.717, 1.165) is 32.0 Å². The van der Waals surface area contributed by atoms with Crippen LogP contribution in [0.1, 0.15) is 33.1 Å². The van der Waals surface area contributed by atoms with Gasteiger partial charge < -0.3 is 10.2 Å². The van der Waals surface area contributed by atoms with E-state index in [9.17, 15) is 4.79 Å². The molecule has 1 heterocycles. The van der Waals surface area contributed by atoms with Gasteiger partial charge in [0.25, 0.3) is 0 Å². The monoisotopic (exact) mass is 210 g/mol. The number of rotatable bonds is 4. The lowest BCUT2D eigenvalue weighted by Crippen LogP contribution is -2.41. The van der Waals surface area contributed by atoms with Gasteiger partial charge in [0.15, 0.2) is 0 Å². The molecule has 2 unspecified atom stereocenters. The Morgan fingerprint density at radius 2 is 2.13 bits per heavy atom. The molecular formula is C12H22N2O. The summed E-state index contributed by atoms with van der Waals surface area (Å²) in [7, 11) is 0. The maximum absolute atomic E-state index is 12.2. The van der Waals surface area contributed by atoms with Crippen LogP contribution in [-0.2, 0) is 4.79 Å². The average Bonchev–Trinajstić information content (AvgIpc) is 2.95. The molecule has 1 amide bonds. The van der Waals surface area contributed by atoms with Crippen molar-refractivity contribution in [3.05, 3.63) is 0 Å². The topological polar surface area (TPSA) is 32.3 Å². The van der Waals surface area contributed by atoms with E-state index in [0.29, 0.717) is 11.9 Å². The number of carbonyl (C=O) groups excluding carboxylic acids is 1. The zero-order valence-corrected chi connectivity index (χ0v) is 9.83. The van der Waals surface area contributed by atoms with Crippen molar-refractivity contribution in [3.63, 3.8) is 0 Å². The molecule has 1 N–H and O–H groups in total. The van der Waals surface area contributed by atoms with Crippen molar-refractivity contribution in [2.75, 3.05) is 19.6 Å². The molecule has 0 bridgehead atoms. The Morgan fingerprint density at radius 3 is 2.60 bits per heavy atom. The summed E-state index contributed by atoms with van der Waals surface area (Å²) in [5.74, 6) is 1.41. The molecule has 1 aliphatic carbocycles. The van der Waals surface area contributed by atoms with Crippen LogP contribution in [0.3, 0.4) is 0 Å². The predicted molar refractivity (Wildman–Crippen MR) is 60.5 cm³/mol. The Kier molecular flexibility index (Phi) is 3.29. The van der Waals surface area contributed by atoms with E-state index in [1.165, 1.54) is 12.8 Å². The van der Waals surface area contributed by atoms with Crippen LogP contribution in [-0.4, -0.2) is 36.5 Å². The first-order valence-electron chi connectivity index (χ1n) is 6.24. The van der Waals surface area contributed by atoms with Crippen LogP contribution in [0, 0.1) is 11.8 Å². The molecule has 1 aliphatic heterocycles. The summed E-state index contributed by atoms with van der Waals surface area (Å²) < 4.78 is 0. The SMILES string of the molecule is CCN(CC1CC1)C(=O)C1CCNC1C. The number of hydrogen-bond donors (Lipinski definition) is 1. The van der Waals surface area contributed by atoms with Gasteiger partial charge >= 0.3 is 0 Å². The minimum absolute atomic E-state index is 0.226. The predicted octanol–water partition coefficient (Wildman–Crippen LogP) is 1.24. The molecule has 0 spiro atoms. The molecule has 2 rings (SSSR count). The highest BCUT2D eigenvalue weighted by Gasteiger charge is 2.34. The van der Waals surface area contributed by atoms with Gasteiger partial charge in [0.2, 0.25) is 5.91 Å². The summed E-state index contributed by atoms with van der Waals surface area (Å²) in [5.41, 5.74) is 0. The first-order valence-corrected chi connectivity index (χ1v) is 6.24. The van der Waals surface area contributed by atoms with Crippen molar-refractivity contribution in [3.8, 4) is 0 Å². The molecule has 0 aromatic heterocycles. The van der Waals surface area contributed by atoms with Gasteiger partial charge in [-0.3, -0.25) is 4.79 Å². The van der Waals surface area contributed by atoms with E-state index in [4.69, 9.17) is 0 Å². The highest BCUT2D eigenvalue weighted by atomic mass is 16.2. The third-order valence-corrected chi connectivity index (χ3v) is 3.71. The van der Waals surface area contributed by atoms with Crippen LogP contribution >= 0.6 is 0 Å². The lowest BCUT2D eigenvalue weighted by atomic mass is 10.0. The normalized spacial score (nSPS) is 30.5. The standard InChI is InChI=1S/C12H22N2O/c1-3-14(8-10-4-5-10)12(15)11-6-7-13-9(11)2/h9-11,13H,3-8H2,1-2H3. The van der Waals surface area contributed by atoms with E-state index >= 15 is 0 Å². The molecule has 0 aromatic carbocycles. The van der Waals surface area contributed by atoms with Crippen molar-refractivity contribution in [1.29, 1.82) is 0 Å². The highest BCUT2D eigenvalue weighted by molar-refractivity contribution is 5.80. The van der Waals surface area contributed by atoms with Crippen LogP contribution in [0.25, 0.3) is 0 Å². The van der Waals surface area contributed by atoms with E-state index in [2.05, 4.69) is 24.1 Å². The second-order valence-corrected chi connectivity index (χ2v) is 4.96. The van der Waals surface area contributed by atoms with Gasteiger partial charge in [0, 0.05) is 19.1 Å². The quantitative estimate of drug-likeness (QED) is 0.757. The van der Waals surface area contributed by atoms with Crippen molar-refractivity contribution >= 4 is 5.91 Å². The van der Waals surface area contributed by atoms with Gasteiger partial charge in [-0.2, -0.15) is 0 Å². The molecule has 2 fully saturated rings. The summed E-state index contributed by atoms with van der Waals surface area (Å²) in [6.07, 6.45) is 3.66. The van der Waals surface area contributed by atoms with Crippen LogP contribution < -0.4 is 5.32 Å². The van der Waals surface area contributed by atoms with Crippen LogP contribution in [0.2, 0.25) is 0 Å². The Morgan fingerprint density at radius 1 is 1.40 bits per heavy atom. The van der Waals surface area contributed by atoms with Gasteiger partial charge in [-0.1, -0.05) is 0 Å². The number of hydrogen-bond acceptors (Lipinski definition) is 2. The van der Waals surface area contributed by atoms with Gasteiger partial charge in [0.05, 0.1) is 5.92 Å². The second-order valence-electron chi connectivity index (χ2n) is 4.96. The molecule has 2 atom stereocenters. The van der Waals surface area contributed by atoms with E-state index in [1.54, 1.807) is 0 Å². The molecule has 3 heteroatoms. The molecule has 3 nitrogen and oxygen atoms in total. The van der Waals surface area contributed by atoms with Gasteiger partial charge in [0.1, 0.15) is 0 Å². The molecule has 1 saturated heterocycles. The number of amides is 1. The fraction of sp³-hybridized carbons (Fsp3) is 0.917. The smallest absolute Gasteiger partial charge is 0.227 e. The minimum atomic E-state index is 0.226. The fourth-order valence-corrected chi connectivity index (χ4v) is 2.42. The molecule has 0 radical (unpaired) electrons. The summed E-state index contributed by atoms with van der Waals surface area (Å²) in [5, 5.41) is 3.35. The fourth-order valence-electron chi connectivity index (χ4n) is 2.42. The van der Waals surface area contributed by atoms with Crippen LogP contribution in [0.15, 0.2) is 0 Å². The van der Waals surface area contributed by atoms with Gasteiger partial charge in [-0.15, -0.1) is 0 Å². The lowest BCUT2D eigenvalue weighted by molar-refractivity contribution is -0.135. The molecule has 1 saturated carbocycles. The Labute approximate surface area is 92.2 Å². The zero-order valence-electron chi connectivity index (χ0n) is 9.83. The van der Waals surface area contributed by atoms with E-state index in [-0.39, 0.29) is 5.92 Å².